The molecule has 0 spiro atoms. The van der Waals surface area contributed by atoms with Crippen LogP contribution in [0.1, 0.15) is 25.0 Å². The van der Waals surface area contributed by atoms with Gasteiger partial charge in [-0.2, -0.15) is 4.58 Å². The molecule has 3 rings (SSSR count). The van der Waals surface area contributed by atoms with Gasteiger partial charge in [0.1, 0.15) is 7.05 Å². The summed E-state index contributed by atoms with van der Waals surface area (Å²) in [4.78, 5) is 0. The van der Waals surface area contributed by atoms with E-state index < -0.39 is 0 Å². The molecule has 4 heteroatoms. The summed E-state index contributed by atoms with van der Waals surface area (Å²) in [5, 5.41) is 0. The van der Waals surface area contributed by atoms with Crippen LogP contribution in [0.15, 0.2) is 54.6 Å². The lowest BCUT2D eigenvalue weighted by atomic mass is 9.81. The van der Waals surface area contributed by atoms with E-state index >= 15 is 0 Å². The van der Waals surface area contributed by atoms with Gasteiger partial charge in [-0.3, -0.25) is 0 Å². The number of anilines is 1. The Morgan fingerprint density at radius 1 is 0.957 bits per heavy atom. The molecular formula is C19H22Cl2N2. The molecular weight excluding hydrogens is 327 g/mol. The van der Waals surface area contributed by atoms with Crippen LogP contribution in [0.3, 0.4) is 0 Å². The number of nitrogen functional groups attached to an aromatic ring is 1. The zero-order valence-electron chi connectivity index (χ0n) is 13.6. The second-order valence-electron chi connectivity index (χ2n) is 6.09. The first-order valence-electron chi connectivity index (χ1n) is 7.24. The van der Waals surface area contributed by atoms with Crippen LogP contribution in [0.2, 0.25) is 0 Å². The SMILES string of the molecule is C[N+]1=C(/C=C/c2ccc(N)cc2)C(C)(C)c2ccccc21.Cl.[Cl-]. The summed E-state index contributed by atoms with van der Waals surface area (Å²) < 4.78 is 2.28. The lowest BCUT2D eigenvalue weighted by Crippen LogP contribution is -3.00. The topological polar surface area (TPSA) is 29.0 Å². The van der Waals surface area contributed by atoms with Gasteiger partial charge in [0.05, 0.1) is 5.41 Å². The van der Waals surface area contributed by atoms with Crippen LogP contribution in [0, 0.1) is 0 Å². The van der Waals surface area contributed by atoms with E-state index in [4.69, 9.17) is 5.73 Å². The summed E-state index contributed by atoms with van der Waals surface area (Å²) in [7, 11) is 2.14. The highest BCUT2D eigenvalue weighted by molar-refractivity contribution is 6.05. The lowest BCUT2D eigenvalue weighted by Gasteiger charge is -2.15. The number of benzene rings is 2. The minimum absolute atomic E-state index is 0. The molecule has 1 aliphatic heterocycles. The standard InChI is InChI=1S/C19H20N2.2ClH/c1-19(2)16-6-4-5-7-17(16)21(3)18(19)13-10-14-8-11-15(20)12-9-14;;/h4-13,20H,1-3H3;2*1H. The maximum atomic E-state index is 5.73. The number of halogens is 2. The fourth-order valence-electron chi connectivity index (χ4n) is 3.08. The minimum atomic E-state index is 0. The van der Waals surface area contributed by atoms with Crippen molar-refractivity contribution in [2.75, 3.05) is 12.8 Å². The predicted molar refractivity (Wildman–Crippen MR) is 97.5 cm³/mol. The van der Waals surface area contributed by atoms with Gasteiger partial charge in [-0.1, -0.05) is 30.3 Å². The maximum Gasteiger partial charge on any atom is 0.209 e. The van der Waals surface area contributed by atoms with Crippen LogP contribution in [-0.2, 0) is 5.41 Å². The summed E-state index contributed by atoms with van der Waals surface area (Å²) in [6.07, 6.45) is 4.37. The summed E-state index contributed by atoms with van der Waals surface area (Å²) in [5.41, 5.74) is 11.7. The molecule has 2 N–H and O–H groups in total. The number of rotatable bonds is 2. The van der Waals surface area contributed by atoms with Crippen LogP contribution >= 0.6 is 12.4 Å². The second-order valence-corrected chi connectivity index (χ2v) is 6.09. The smallest absolute Gasteiger partial charge is 0.209 e. The first kappa shape index (κ1) is 19.3. The van der Waals surface area contributed by atoms with E-state index in [1.165, 1.54) is 17.0 Å². The Morgan fingerprint density at radius 2 is 1.57 bits per heavy atom. The van der Waals surface area contributed by atoms with E-state index in [1.807, 2.05) is 24.3 Å². The molecule has 0 saturated heterocycles. The summed E-state index contributed by atoms with van der Waals surface area (Å²) in [6, 6.07) is 16.6. The Balaban J connectivity index is 0.00000132. The van der Waals surface area contributed by atoms with Gasteiger partial charge in [0, 0.05) is 23.4 Å². The molecule has 122 valence electrons. The van der Waals surface area contributed by atoms with Crippen molar-refractivity contribution >= 4 is 35.6 Å². The number of nitrogens with two attached hydrogens (primary N) is 1. The number of allylic oxidation sites excluding steroid dienone is 1. The molecule has 0 amide bonds. The minimum Gasteiger partial charge on any atom is -1.00 e. The molecule has 0 unspecified atom stereocenters. The Morgan fingerprint density at radius 3 is 2.17 bits per heavy atom. The van der Waals surface area contributed by atoms with E-state index in [0.717, 1.165) is 11.3 Å². The van der Waals surface area contributed by atoms with Gasteiger partial charge >= 0.3 is 0 Å². The highest BCUT2D eigenvalue weighted by Crippen LogP contribution is 2.39. The molecule has 0 atom stereocenters. The van der Waals surface area contributed by atoms with Crippen molar-refractivity contribution in [3.63, 3.8) is 0 Å². The molecule has 0 bridgehead atoms. The number of para-hydroxylation sites is 1. The van der Waals surface area contributed by atoms with Crippen molar-refractivity contribution in [2.24, 2.45) is 0 Å². The van der Waals surface area contributed by atoms with Crippen molar-refractivity contribution in [3.8, 4) is 0 Å². The first-order chi connectivity index (χ1) is 10.00. The van der Waals surface area contributed by atoms with Gasteiger partial charge in [0.25, 0.3) is 0 Å². The van der Waals surface area contributed by atoms with Crippen molar-refractivity contribution in [1.29, 1.82) is 0 Å². The van der Waals surface area contributed by atoms with Crippen molar-refractivity contribution in [2.45, 2.75) is 19.3 Å². The first-order valence-corrected chi connectivity index (χ1v) is 7.24. The number of nitrogens with zero attached hydrogens (tertiary/aromatic N) is 1. The van der Waals surface area contributed by atoms with Crippen molar-refractivity contribution in [3.05, 3.63) is 65.7 Å². The average Bonchev–Trinajstić information content (AvgIpc) is 2.67. The molecule has 23 heavy (non-hydrogen) atoms. The highest BCUT2D eigenvalue weighted by Gasteiger charge is 2.42. The average molecular weight is 349 g/mol. The fraction of sp³-hybridized carbons (Fsp3) is 0.211. The van der Waals surface area contributed by atoms with Crippen LogP contribution in [0.4, 0.5) is 11.4 Å². The van der Waals surface area contributed by atoms with Gasteiger partial charge < -0.3 is 18.1 Å². The molecule has 0 fully saturated rings. The van der Waals surface area contributed by atoms with Crippen LogP contribution < -0.4 is 18.1 Å². The van der Waals surface area contributed by atoms with E-state index in [9.17, 15) is 0 Å². The maximum absolute atomic E-state index is 5.73. The number of hydrogen-bond acceptors (Lipinski definition) is 1. The van der Waals surface area contributed by atoms with Crippen molar-refractivity contribution in [1.82, 2.24) is 0 Å². The van der Waals surface area contributed by atoms with Gasteiger partial charge in [-0.05, 0) is 37.6 Å². The summed E-state index contributed by atoms with van der Waals surface area (Å²) >= 11 is 0. The summed E-state index contributed by atoms with van der Waals surface area (Å²) in [5.74, 6) is 0. The molecule has 2 nitrogen and oxygen atoms in total. The van der Waals surface area contributed by atoms with Crippen molar-refractivity contribution < 1.29 is 17.0 Å². The Kier molecular flexibility index (Phi) is 6.04. The van der Waals surface area contributed by atoms with Crippen LogP contribution in [-0.4, -0.2) is 17.3 Å². The third kappa shape index (κ3) is 3.44. The largest absolute Gasteiger partial charge is 1.00 e. The molecule has 1 aliphatic rings. The van der Waals surface area contributed by atoms with Gasteiger partial charge in [-0.25, -0.2) is 0 Å². The molecule has 0 aromatic heterocycles. The van der Waals surface area contributed by atoms with Gasteiger partial charge in [0.2, 0.25) is 5.69 Å². The molecule has 2 aromatic rings. The molecule has 0 aliphatic carbocycles. The van der Waals surface area contributed by atoms with Gasteiger partial charge in [0.15, 0.2) is 5.71 Å². The molecule has 2 aromatic carbocycles. The molecule has 0 radical (unpaired) electrons. The quantitative estimate of drug-likeness (QED) is 0.645. The predicted octanol–water partition coefficient (Wildman–Crippen LogP) is 1.41. The van der Waals surface area contributed by atoms with Gasteiger partial charge in [-0.15, -0.1) is 12.4 Å². The van der Waals surface area contributed by atoms with Crippen LogP contribution in [0.5, 0.6) is 0 Å². The normalized spacial score (nSPS) is 15.1. The van der Waals surface area contributed by atoms with E-state index in [0.29, 0.717) is 0 Å². The van der Waals surface area contributed by atoms with E-state index in [1.54, 1.807) is 0 Å². The Hall–Kier alpha value is -1.77. The highest BCUT2D eigenvalue weighted by atomic mass is 35.5. The monoisotopic (exact) mass is 348 g/mol. The number of fused-ring (bicyclic) bond motifs is 1. The Labute approximate surface area is 150 Å². The fourth-order valence-corrected chi connectivity index (χ4v) is 3.08. The number of hydrogen-bond donors (Lipinski definition) is 1. The third-order valence-electron chi connectivity index (χ3n) is 4.31. The zero-order valence-corrected chi connectivity index (χ0v) is 15.2. The zero-order chi connectivity index (χ0) is 15.0. The van der Waals surface area contributed by atoms with E-state index in [2.05, 4.69) is 61.9 Å². The lowest BCUT2D eigenvalue weighted by molar-refractivity contribution is -0.401. The molecule has 1 heterocycles. The second kappa shape index (κ2) is 7.20. The molecule has 0 saturated carbocycles. The third-order valence-corrected chi connectivity index (χ3v) is 4.31. The Bertz CT molecular complexity index is 744. The van der Waals surface area contributed by atoms with Crippen LogP contribution in [0.25, 0.3) is 6.08 Å². The van der Waals surface area contributed by atoms with E-state index in [-0.39, 0.29) is 30.2 Å². The summed E-state index contributed by atoms with van der Waals surface area (Å²) in [6.45, 7) is 4.55.